The monoisotopic (exact) mass is 551 g/mol. The third kappa shape index (κ3) is 7.60. The van der Waals surface area contributed by atoms with Gasteiger partial charge in [-0.05, 0) is 69.2 Å². The molecule has 0 bridgehead atoms. The number of rotatable bonds is 12. The van der Waals surface area contributed by atoms with Crippen molar-refractivity contribution in [2.45, 2.75) is 51.6 Å². The topological polar surface area (TPSA) is 96.0 Å². The summed E-state index contributed by atoms with van der Waals surface area (Å²) >= 11 is 0. The minimum Gasteiger partial charge on any atom is -0.497 e. The number of nitrogens with zero attached hydrogens (tertiary/aromatic N) is 2. The maximum atomic E-state index is 13.9. The number of anilines is 1. The molecule has 3 rings (SSSR count). The first-order valence-corrected chi connectivity index (χ1v) is 14.4. The molecule has 208 valence electrons. The van der Waals surface area contributed by atoms with Gasteiger partial charge >= 0.3 is 0 Å². The third-order valence-electron chi connectivity index (χ3n) is 6.40. The molecule has 8 nitrogen and oxygen atoms in total. The van der Waals surface area contributed by atoms with Gasteiger partial charge in [0.15, 0.2) is 0 Å². The van der Waals surface area contributed by atoms with E-state index in [0.29, 0.717) is 18.0 Å². The van der Waals surface area contributed by atoms with E-state index in [1.54, 1.807) is 43.3 Å². The first-order valence-electron chi connectivity index (χ1n) is 12.9. The lowest BCUT2D eigenvalue weighted by molar-refractivity contribution is -0.139. The van der Waals surface area contributed by atoms with Crippen LogP contribution >= 0.6 is 0 Å². The van der Waals surface area contributed by atoms with E-state index in [2.05, 4.69) is 5.32 Å². The van der Waals surface area contributed by atoms with Crippen LogP contribution in [0.15, 0.2) is 77.7 Å². The smallest absolute Gasteiger partial charge is 0.264 e. The highest BCUT2D eigenvalue weighted by molar-refractivity contribution is 7.92. The number of hydrogen-bond acceptors (Lipinski definition) is 5. The Kier molecular flexibility index (Phi) is 10.1. The first-order chi connectivity index (χ1) is 18.6. The third-order valence-corrected chi connectivity index (χ3v) is 8.19. The highest BCUT2D eigenvalue weighted by atomic mass is 32.2. The predicted molar refractivity (Wildman–Crippen MR) is 153 cm³/mol. The number of nitrogens with one attached hydrogen (secondary N) is 1. The highest BCUT2D eigenvalue weighted by Crippen LogP contribution is 2.26. The van der Waals surface area contributed by atoms with Crippen LogP contribution < -0.4 is 14.4 Å². The molecule has 39 heavy (non-hydrogen) atoms. The summed E-state index contributed by atoms with van der Waals surface area (Å²) in [5, 5.41) is 2.85. The Morgan fingerprint density at radius 2 is 1.62 bits per heavy atom. The molecule has 3 aromatic rings. The molecular weight excluding hydrogens is 514 g/mol. The lowest BCUT2D eigenvalue weighted by Gasteiger charge is -2.32. The van der Waals surface area contributed by atoms with Gasteiger partial charge in [0.2, 0.25) is 11.8 Å². The van der Waals surface area contributed by atoms with Crippen LogP contribution in [0, 0.1) is 13.8 Å². The Morgan fingerprint density at radius 3 is 2.21 bits per heavy atom. The molecule has 0 spiro atoms. The van der Waals surface area contributed by atoms with Crippen molar-refractivity contribution in [3.05, 3.63) is 89.5 Å². The van der Waals surface area contributed by atoms with Gasteiger partial charge in [-0.3, -0.25) is 13.9 Å². The Balaban J connectivity index is 2.01. The summed E-state index contributed by atoms with van der Waals surface area (Å²) in [5.41, 5.74) is 3.17. The molecule has 1 N–H and O–H groups in total. The van der Waals surface area contributed by atoms with E-state index in [9.17, 15) is 18.0 Å². The van der Waals surface area contributed by atoms with Crippen molar-refractivity contribution in [1.29, 1.82) is 0 Å². The minimum atomic E-state index is -4.13. The molecule has 0 saturated carbocycles. The van der Waals surface area contributed by atoms with E-state index in [1.165, 1.54) is 24.1 Å². The number of sulfonamides is 1. The van der Waals surface area contributed by atoms with Crippen LogP contribution in [0.25, 0.3) is 0 Å². The Bertz CT molecular complexity index is 1370. The second kappa shape index (κ2) is 13.3. The summed E-state index contributed by atoms with van der Waals surface area (Å²) < 4.78 is 34.0. The zero-order valence-corrected chi connectivity index (χ0v) is 24.0. The zero-order chi connectivity index (χ0) is 28.6. The van der Waals surface area contributed by atoms with Crippen LogP contribution in [-0.2, 0) is 26.2 Å². The number of methoxy groups -OCH3 is 1. The standard InChI is InChI=1S/C30H37N3O5S/c1-6-18-31-30(35)24(4)32(20-25-9-7-8-23(3)19-25)29(34)21-33(26-12-10-22(2)11-13-26)39(36,37)28-16-14-27(38-5)15-17-28/h7-17,19,24H,6,18,20-21H2,1-5H3,(H,31,35)/t24-/m1/s1. The number of carbonyl (C=O) groups is 2. The van der Waals surface area contributed by atoms with Gasteiger partial charge < -0.3 is 15.0 Å². The number of amides is 2. The van der Waals surface area contributed by atoms with Gasteiger partial charge in [0.25, 0.3) is 10.0 Å². The van der Waals surface area contributed by atoms with E-state index < -0.39 is 28.5 Å². The molecule has 0 heterocycles. The first kappa shape index (κ1) is 29.7. The maximum Gasteiger partial charge on any atom is 0.264 e. The summed E-state index contributed by atoms with van der Waals surface area (Å²) in [7, 11) is -2.63. The van der Waals surface area contributed by atoms with Crippen molar-refractivity contribution in [3.63, 3.8) is 0 Å². The fourth-order valence-corrected chi connectivity index (χ4v) is 5.51. The fourth-order valence-electron chi connectivity index (χ4n) is 4.10. The lowest BCUT2D eigenvalue weighted by atomic mass is 10.1. The van der Waals surface area contributed by atoms with Crippen LogP contribution in [0.5, 0.6) is 5.75 Å². The van der Waals surface area contributed by atoms with Crippen molar-refractivity contribution in [2.75, 3.05) is 24.5 Å². The Hall–Kier alpha value is -3.85. The predicted octanol–water partition coefficient (Wildman–Crippen LogP) is 4.45. The van der Waals surface area contributed by atoms with Crippen molar-refractivity contribution in [1.82, 2.24) is 10.2 Å². The lowest BCUT2D eigenvalue weighted by Crippen LogP contribution is -2.51. The molecule has 0 fully saturated rings. The number of ether oxygens (including phenoxy) is 1. The molecule has 0 aliphatic rings. The average Bonchev–Trinajstić information content (AvgIpc) is 2.93. The number of benzene rings is 3. The van der Waals surface area contributed by atoms with E-state index in [4.69, 9.17) is 4.74 Å². The van der Waals surface area contributed by atoms with E-state index in [1.807, 2.05) is 45.0 Å². The van der Waals surface area contributed by atoms with Gasteiger partial charge in [0.05, 0.1) is 17.7 Å². The van der Waals surface area contributed by atoms with Crippen molar-refractivity contribution in [2.24, 2.45) is 0 Å². The molecule has 3 aromatic carbocycles. The van der Waals surface area contributed by atoms with Gasteiger partial charge in [-0.1, -0.05) is 54.4 Å². The Morgan fingerprint density at radius 1 is 0.949 bits per heavy atom. The van der Waals surface area contributed by atoms with Gasteiger partial charge in [-0.15, -0.1) is 0 Å². The van der Waals surface area contributed by atoms with E-state index in [0.717, 1.165) is 27.4 Å². The molecule has 0 aliphatic heterocycles. The van der Waals surface area contributed by atoms with Crippen LogP contribution in [0.4, 0.5) is 5.69 Å². The van der Waals surface area contributed by atoms with E-state index in [-0.39, 0.29) is 17.3 Å². The quantitative estimate of drug-likeness (QED) is 0.359. The normalized spacial score (nSPS) is 11.9. The largest absolute Gasteiger partial charge is 0.497 e. The van der Waals surface area contributed by atoms with Gasteiger partial charge in [0, 0.05) is 13.1 Å². The molecule has 0 saturated heterocycles. The second-order valence-electron chi connectivity index (χ2n) is 9.50. The molecule has 0 aromatic heterocycles. The molecule has 2 amide bonds. The van der Waals surface area contributed by atoms with Gasteiger partial charge in [-0.2, -0.15) is 0 Å². The molecule has 9 heteroatoms. The summed E-state index contributed by atoms with van der Waals surface area (Å²) in [6.07, 6.45) is 0.756. The summed E-state index contributed by atoms with van der Waals surface area (Å²) in [5.74, 6) is -0.269. The zero-order valence-electron chi connectivity index (χ0n) is 23.2. The van der Waals surface area contributed by atoms with Crippen LogP contribution in [-0.4, -0.2) is 51.4 Å². The Labute approximate surface area is 231 Å². The van der Waals surface area contributed by atoms with Crippen LogP contribution in [0.2, 0.25) is 0 Å². The van der Waals surface area contributed by atoms with Gasteiger partial charge in [-0.25, -0.2) is 8.42 Å². The minimum absolute atomic E-state index is 0.0237. The molecule has 0 unspecified atom stereocenters. The summed E-state index contributed by atoms with van der Waals surface area (Å²) in [4.78, 5) is 28.3. The maximum absolute atomic E-state index is 13.9. The fraction of sp³-hybridized carbons (Fsp3) is 0.333. The highest BCUT2D eigenvalue weighted by Gasteiger charge is 2.32. The SMILES string of the molecule is CCCNC(=O)[C@@H](C)N(Cc1cccc(C)c1)C(=O)CN(c1ccc(C)cc1)S(=O)(=O)c1ccc(OC)cc1. The molecular formula is C30H37N3O5S. The van der Waals surface area contributed by atoms with Crippen LogP contribution in [0.3, 0.4) is 0 Å². The van der Waals surface area contributed by atoms with Crippen molar-refractivity contribution >= 4 is 27.5 Å². The van der Waals surface area contributed by atoms with Crippen molar-refractivity contribution < 1.29 is 22.7 Å². The number of hydrogen-bond donors (Lipinski definition) is 1. The molecule has 1 atom stereocenters. The second-order valence-corrected chi connectivity index (χ2v) is 11.4. The summed E-state index contributed by atoms with van der Waals surface area (Å²) in [6.45, 7) is 7.62. The van der Waals surface area contributed by atoms with E-state index >= 15 is 0 Å². The average molecular weight is 552 g/mol. The van der Waals surface area contributed by atoms with Gasteiger partial charge in [0.1, 0.15) is 18.3 Å². The molecule has 0 radical (unpaired) electrons. The summed E-state index contributed by atoms with van der Waals surface area (Å²) in [6, 6.07) is 19.8. The number of carbonyl (C=O) groups excluding carboxylic acids is 2. The number of aryl methyl sites for hydroxylation is 2. The van der Waals surface area contributed by atoms with Crippen molar-refractivity contribution in [3.8, 4) is 5.75 Å². The van der Waals surface area contributed by atoms with Crippen LogP contribution in [0.1, 0.15) is 37.0 Å². The molecule has 0 aliphatic carbocycles.